The van der Waals surface area contributed by atoms with Crippen LogP contribution in [0.25, 0.3) is 0 Å². The van der Waals surface area contributed by atoms with Gasteiger partial charge in [0, 0.05) is 37.5 Å². The Kier molecular flexibility index (Phi) is 8.93. The monoisotopic (exact) mass is 548 g/mol. The van der Waals surface area contributed by atoms with Crippen LogP contribution in [0.3, 0.4) is 0 Å². The number of amides is 2. The number of nitrogens with one attached hydrogen (secondary N) is 2. The predicted molar refractivity (Wildman–Crippen MR) is 138 cm³/mol. The lowest BCUT2D eigenvalue weighted by Gasteiger charge is -2.39. The predicted octanol–water partition coefficient (Wildman–Crippen LogP) is 3.17. The van der Waals surface area contributed by atoms with Gasteiger partial charge in [0.25, 0.3) is 5.91 Å². The van der Waals surface area contributed by atoms with Crippen LogP contribution in [-0.2, 0) is 21.3 Å². The number of carbonyl (C=O) groups is 2. The highest BCUT2D eigenvalue weighted by molar-refractivity contribution is 5.96. The molecule has 2 amide bonds. The zero-order valence-electron chi connectivity index (χ0n) is 22.1. The van der Waals surface area contributed by atoms with Crippen molar-refractivity contribution in [3.8, 4) is 0 Å². The molecule has 2 aromatic rings. The Balaban J connectivity index is 1.30. The molecule has 1 aromatic carbocycles. The molecule has 1 saturated heterocycles. The SMILES string of the molecule is CCO[C@@H]1CN(C2CCC(O)(c3cc(C)ccn3)CC2)C[C@@H]1NC(=O)CNC(=O)c1cccc(C(F)(F)F)c1. The summed E-state index contributed by atoms with van der Waals surface area (Å²) in [6.07, 6.45) is -0.359. The summed E-state index contributed by atoms with van der Waals surface area (Å²) in [4.78, 5) is 31.7. The van der Waals surface area contributed by atoms with Crippen LogP contribution in [0.4, 0.5) is 13.2 Å². The van der Waals surface area contributed by atoms with Crippen molar-refractivity contribution in [2.75, 3.05) is 26.2 Å². The molecule has 39 heavy (non-hydrogen) atoms. The molecule has 212 valence electrons. The highest BCUT2D eigenvalue weighted by atomic mass is 19.4. The van der Waals surface area contributed by atoms with Crippen molar-refractivity contribution in [1.82, 2.24) is 20.5 Å². The van der Waals surface area contributed by atoms with E-state index in [1.54, 1.807) is 6.20 Å². The summed E-state index contributed by atoms with van der Waals surface area (Å²) in [5.41, 5.74) is -0.296. The number of aryl methyl sites for hydroxylation is 1. The Bertz CT molecular complexity index is 1170. The smallest absolute Gasteiger partial charge is 0.384 e. The van der Waals surface area contributed by atoms with E-state index in [4.69, 9.17) is 4.74 Å². The lowest BCUT2D eigenvalue weighted by molar-refractivity contribution is -0.137. The summed E-state index contributed by atoms with van der Waals surface area (Å²) >= 11 is 0. The number of benzene rings is 1. The van der Waals surface area contributed by atoms with Gasteiger partial charge < -0.3 is 20.5 Å². The minimum absolute atomic E-state index is 0.171. The third-order valence-corrected chi connectivity index (χ3v) is 7.57. The molecule has 2 heterocycles. The number of aliphatic hydroxyl groups is 1. The van der Waals surface area contributed by atoms with Gasteiger partial charge in [-0.15, -0.1) is 0 Å². The summed E-state index contributed by atoms with van der Waals surface area (Å²) in [7, 11) is 0. The number of rotatable bonds is 8. The van der Waals surface area contributed by atoms with E-state index in [0.29, 0.717) is 38.2 Å². The van der Waals surface area contributed by atoms with E-state index >= 15 is 0 Å². The van der Waals surface area contributed by atoms with Crippen molar-refractivity contribution in [1.29, 1.82) is 0 Å². The highest BCUT2D eigenvalue weighted by Crippen LogP contribution is 2.39. The Labute approximate surface area is 225 Å². The first kappa shape index (κ1) is 29.0. The molecule has 0 radical (unpaired) electrons. The molecule has 0 bridgehead atoms. The van der Waals surface area contributed by atoms with Gasteiger partial charge in [0.1, 0.15) is 5.60 Å². The molecule has 8 nitrogen and oxygen atoms in total. The van der Waals surface area contributed by atoms with Crippen LogP contribution in [0.1, 0.15) is 59.8 Å². The van der Waals surface area contributed by atoms with E-state index in [-0.39, 0.29) is 30.3 Å². The van der Waals surface area contributed by atoms with Crippen molar-refractivity contribution < 1.29 is 32.6 Å². The molecule has 2 fully saturated rings. The molecule has 1 aromatic heterocycles. The average molecular weight is 549 g/mol. The Morgan fingerprint density at radius 3 is 2.59 bits per heavy atom. The van der Waals surface area contributed by atoms with E-state index in [2.05, 4.69) is 20.5 Å². The molecular weight excluding hydrogens is 513 g/mol. The van der Waals surface area contributed by atoms with Crippen molar-refractivity contribution in [2.45, 2.75) is 69.5 Å². The first-order chi connectivity index (χ1) is 18.5. The maximum Gasteiger partial charge on any atom is 0.416 e. The van der Waals surface area contributed by atoms with Crippen LogP contribution in [-0.4, -0.2) is 71.2 Å². The first-order valence-corrected chi connectivity index (χ1v) is 13.2. The second-order valence-corrected chi connectivity index (χ2v) is 10.4. The molecular formula is C28H35F3N4O4. The number of aromatic nitrogens is 1. The summed E-state index contributed by atoms with van der Waals surface area (Å²) in [6.45, 7) is 5.14. The van der Waals surface area contributed by atoms with Gasteiger partial charge in [-0.25, -0.2) is 0 Å². The number of halogens is 3. The fraction of sp³-hybridized carbons (Fsp3) is 0.536. The van der Waals surface area contributed by atoms with Gasteiger partial charge in [-0.05, 0) is 75.4 Å². The van der Waals surface area contributed by atoms with Crippen LogP contribution in [0.2, 0.25) is 0 Å². The van der Waals surface area contributed by atoms with Gasteiger partial charge in [0.2, 0.25) is 5.91 Å². The number of alkyl halides is 3. The van der Waals surface area contributed by atoms with Crippen molar-refractivity contribution in [2.24, 2.45) is 0 Å². The maximum atomic E-state index is 12.9. The van der Waals surface area contributed by atoms with Crippen LogP contribution in [0.5, 0.6) is 0 Å². The summed E-state index contributed by atoms with van der Waals surface area (Å²) in [6, 6.07) is 7.82. The maximum absolute atomic E-state index is 12.9. The summed E-state index contributed by atoms with van der Waals surface area (Å²) < 4.78 is 44.7. The zero-order chi connectivity index (χ0) is 28.2. The van der Waals surface area contributed by atoms with Crippen molar-refractivity contribution in [3.05, 3.63) is 65.0 Å². The summed E-state index contributed by atoms with van der Waals surface area (Å²) in [5.74, 6) is -1.21. The molecule has 1 aliphatic heterocycles. The Morgan fingerprint density at radius 2 is 1.92 bits per heavy atom. The molecule has 2 aliphatic rings. The fourth-order valence-electron chi connectivity index (χ4n) is 5.47. The average Bonchev–Trinajstić information content (AvgIpc) is 3.29. The second kappa shape index (κ2) is 12.0. The van der Waals surface area contributed by atoms with Crippen molar-refractivity contribution in [3.63, 3.8) is 0 Å². The number of nitrogens with zero attached hydrogens (tertiary/aromatic N) is 2. The van der Waals surface area contributed by atoms with E-state index < -0.39 is 29.2 Å². The largest absolute Gasteiger partial charge is 0.416 e. The third-order valence-electron chi connectivity index (χ3n) is 7.57. The van der Waals surface area contributed by atoms with E-state index in [9.17, 15) is 27.9 Å². The van der Waals surface area contributed by atoms with Crippen molar-refractivity contribution >= 4 is 11.8 Å². The minimum Gasteiger partial charge on any atom is -0.384 e. The standard InChI is InChI=1S/C28H35F3N4O4/c1-3-39-23-17-35(21-7-10-27(38,11-8-21)24-13-18(2)9-12-32-24)16-22(23)34-25(36)15-33-26(37)19-5-4-6-20(14-19)28(29,30)31/h4-6,9,12-14,21-23,38H,3,7-8,10-11,15-17H2,1-2H3,(H,33,37)(H,34,36)/t21?,22-,23+,27?/m0/s1. The van der Waals surface area contributed by atoms with Crippen LogP contribution in [0.15, 0.2) is 42.6 Å². The second-order valence-electron chi connectivity index (χ2n) is 10.4. The number of hydrogen-bond acceptors (Lipinski definition) is 6. The molecule has 4 rings (SSSR count). The molecule has 11 heteroatoms. The topological polar surface area (TPSA) is 104 Å². The first-order valence-electron chi connectivity index (χ1n) is 13.2. The van der Waals surface area contributed by atoms with Gasteiger partial charge in [0.05, 0.1) is 29.9 Å². The lowest BCUT2D eigenvalue weighted by atomic mass is 9.79. The molecule has 0 unspecified atom stereocenters. The molecule has 0 spiro atoms. The normalized spacial score (nSPS) is 25.8. The van der Waals surface area contributed by atoms with Gasteiger partial charge in [0.15, 0.2) is 0 Å². The van der Waals surface area contributed by atoms with E-state index in [1.807, 2.05) is 26.0 Å². The zero-order valence-corrected chi connectivity index (χ0v) is 22.1. The molecule has 1 saturated carbocycles. The van der Waals surface area contributed by atoms with Gasteiger partial charge in [-0.2, -0.15) is 13.2 Å². The van der Waals surface area contributed by atoms with Gasteiger partial charge >= 0.3 is 6.18 Å². The molecule has 2 atom stereocenters. The molecule has 1 aliphatic carbocycles. The fourth-order valence-corrected chi connectivity index (χ4v) is 5.47. The lowest BCUT2D eigenvalue weighted by Crippen LogP contribution is -2.48. The number of carbonyl (C=O) groups excluding carboxylic acids is 2. The molecule has 3 N–H and O–H groups in total. The minimum atomic E-state index is -4.56. The number of hydrogen-bond donors (Lipinski definition) is 3. The number of ether oxygens (including phenoxy) is 1. The van der Waals surface area contributed by atoms with Crippen LogP contribution in [0, 0.1) is 6.92 Å². The quantitative estimate of drug-likeness (QED) is 0.468. The van der Waals surface area contributed by atoms with Gasteiger partial charge in [-0.3, -0.25) is 19.5 Å². The Morgan fingerprint density at radius 1 is 1.18 bits per heavy atom. The highest BCUT2D eigenvalue weighted by Gasteiger charge is 2.42. The summed E-state index contributed by atoms with van der Waals surface area (Å²) in [5, 5.41) is 16.5. The van der Waals surface area contributed by atoms with Crippen LogP contribution < -0.4 is 10.6 Å². The van der Waals surface area contributed by atoms with E-state index in [1.165, 1.54) is 6.07 Å². The number of pyridine rings is 1. The number of likely N-dealkylation sites (tertiary alicyclic amines) is 1. The third kappa shape index (κ3) is 7.14. The van der Waals surface area contributed by atoms with Gasteiger partial charge in [-0.1, -0.05) is 6.07 Å². The Hall–Kier alpha value is -3.02. The van der Waals surface area contributed by atoms with E-state index in [0.717, 1.165) is 36.6 Å². The van der Waals surface area contributed by atoms with Crippen LogP contribution >= 0.6 is 0 Å².